The molecule has 5 N–H and O–H groups in total. The monoisotopic (exact) mass is 549 g/mol. The maximum absolute atomic E-state index is 14.3. The van der Waals surface area contributed by atoms with Gasteiger partial charge >= 0.3 is 0 Å². The molecule has 0 amide bonds. The molecule has 214 valence electrons. The largest absolute Gasteiger partial charge is 0.401 e. The van der Waals surface area contributed by atoms with Gasteiger partial charge in [-0.1, -0.05) is 54.5 Å². The molecule has 9 heteroatoms. The van der Waals surface area contributed by atoms with Crippen LogP contribution in [0, 0.1) is 30.4 Å². The number of H-pyrrole nitrogens is 1. The van der Waals surface area contributed by atoms with Crippen molar-refractivity contribution in [2.45, 2.75) is 78.6 Å². The number of aromatic nitrogens is 5. The molecule has 2 heterocycles. The molecule has 0 bridgehead atoms. The van der Waals surface area contributed by atoms with Gasteiger partial charge in [0.1, 0.15) is 23.2 Å². The van der Waals surface area contributed by atoms with Crippen molar-refractivity contribution in [3.8, 4) is 24.4 Å². The summed E-state index contributed by atoms with van der Waals surface area (Å²) in [4.78, 5) is 14.0. The molecule has 0 fully saturated rings. The van der Waals surface area contributed by atoms with Gasteiger partial charge in [0.15, 0.2) is 0 Å². The Kier molecular flexibility index (Phi) is 10.7. The van der Waals surface area contributed by atoms with Crippen molar-refractivity contribution in [1.29, 1.82) is 0 Å². The Morgan fingerprint density at radius 3 is 2.27 bits per heavy atom. The van der Waals surface area contributed by atoms with Gasteiger partial charge in [-0.2, -0.15) is 5.10 Å². The average Bonchev–Trinajstić information content (AvgIpc) is 3.44. The van der Waals surface area contributed by atoms with E-state index >= 15 is 0 Å². The standard InChI is InChI=1S/C27H33F2N7.C2H6.C2H2/c1-15(2)27(21-14-32-13-20(33-21)24-34-25(36-35-24)26(3,4)5)11-7-8-16(23(27)31)12-19(30)22-17(28)9-6-10-18(22)29;2*1-2/h6,9-10,12-15H,7-8,11,30-31H2,1-5H3,(H,34,35,36);1-2H3;1-2H/b19-12-;;. The van der Waals surface area contributed by atoms with E-state index in [0.717, 1.165) is 24.2 Å². The van der Waals surface area contributed by atoms with Crippen LogP contribution in [0.1, 0.15) is 84.8 Å². The van der Waals surface area contributed by atoms with Gasteiger partial charge < -0.3 is 11.5 Å². The number of nitrogens with zero attached hydrogens (tertiary/aromatic N) is 4. The molecule has 1 aromatic carbocycles. The lowest BCUT2D eigenvalue weighted by Gasteiger charge is -2.41. The van der Waals surface area contributed by atoms with Crippen LogP contribution in [0.15, 0.2) is 47.9 Å². The second-order valence-corrected chi connectivity index (χ2v) is 10.7. The van der Waals surface area contributed by atoms with E-state index in [0.29, 0.717) is 29.3 Å². The van der Waals surface area contributed by atoms with Crippen LogP contribution in [-0.2, 0) is 10.8 Å². The number of halogens is 2. The van der Waals surface area contributed by atoms with Crippen LogP contribution in [-0.4, -0.2) is 25.1 Å². The van der Waals surface area contributed by atoms with Crippen molar-refractivity contribution in [2.75, 3.05) is 0 Å². The maximum Gasteiger partial charge on any atom is 0.201 e. The van der Waals surface area contributed by atoms with Gasteiger partial charge in [-0.15, -0.1) is 12.8 Å². The van der Waals surface area contributed by atoms with Crippen molar-refractivity contribution in [3.63, 3.8) is 0 Å². The van der Waals surface area contributed by atoms with E-state index in [1.807, 2.05) is 13.8 Å². The summed E-state index contributed by atoms with van der Waals surface area (Å²) in [6.45, 7) is 14.3. The number of terminal acetylenes is 1. The number of hydrogen-bond donors (Lipinski definition) is 3. The fourth-order valence-corrected chi connectivity index (χ4v) is 4.86. The molecule has 0 saturated heterocycles. The molecule has 1 atom stereocenters. The number of allylic oxidation sites excluding steroid dienone is 3. The molecule has 1 aliphatic rings. The van der Waals surface area contributed by atoms with E-state index in [4.69, 9.17) is 16.5 Å². The predicted octanol–water partition coefficient (Wildman–Crippen LogP) is 6.40. The number of benzene rings is 1. The van der Waals surface area contributed by atoms with E-state index in [9.17, 15) is 8.78 Å². The summed E-state index contributed by atoms with van der Waals surface area (Å²) in [5.41, 5.74) is 14.5. The topological polar surface area (TPSA) is 119 Å². The summed E-state index contributed by atoms with van der Waals surface area (Å²) in [5, 5.41) is 7.34. The molecular weight excluding hydrogens is 508 g/mol. The molecule has 3 aromatic rings. The van der Waals surface area contributed by atoms with E-state index in [2.05, 4.69) is 67.6 Å². The Hall–Kier alpha value is -4.06. The molecule has 7 nitrogen and oxygen atoms in total. The SMILES string of the molecule is C#C.CC.CC(C)C1(c2cncc(-c3n[nH]c(C(C)(C)C)n3)n2)CCCC(/C=C(\N)c2c(F)cccc2F)=C1N. The number of nitrogens with one attached hydrogen (secondary N) is 1. The lowest BCUT2D eigenvalue weighted by molar-refractivity contribution is 0.301. The van der Waals surface area contributed by atoms with E-state index in [-0.39, 0.29) is 22.6 Å². The molecule has 0 saturated carbocycles. The van der Waals surface area contributed by atoms with E-state index in [1.54, 1.807) is 18.5 Å². The quantitative estimate of drug-likeness (QED) is 0.317. The number of aromatic amines is 1. The Balaban J connectivity index is 0.00000134. The van der Waals surface area contributed by atoms with Gasteiger partial charge in [-0.25, -0.2) is 18.7 Å². The van der Waals surface area contributed by atoms with Crippen LogP contribution < -0.4 is 11.5 Å². The number of nitrogens with two attached hydrogens (primary N) is 2. The van der Waals surface area contributed by atoms with Gasteiger partial charge in [0.2, 0.25) is 5.82 Å². The molecule has 2 aromatic heterocycles. The minimum absolute atomic E-state index is 0.00151. The summed E-state index contributed by atoms with van der Waals surface area (Å²) >= 11 is 0. The van der Waals surface area contributed by atoms with E-state index < -0.39 is 17.0 Å². The summed E-state index contributed by atoms with van der Waals surface area (Å²) in [7, 11) is 0. The zero-order valence-electron chi connectivity index (χ0n) is 24.5. The Bertz CT molecular complexity index is 1360. The van der Waals surface area contributed by atoms with Gasteiger partial charge in [-0.3, -0.25) is 10.1 Å². The minimum atomic E-state index is -0.714. The zero-order valence-corrected chi connectivity index (χ0v) is 24.5. The van der Waals surface area contributed by atoms with Gasteiger partial charge in [0.05, 0.1) is 22.9 Å². The van der Waals surface area contributed by atoms with Crippen molar-refractivity contribution < 1.29 is 8.78 Å². The molecule has 0 radical (unpaired) electrons. The van der Waals surface area contributed by atoms with Gasteiger partial charge in [-0.05, 0) is 49.0 Å². The third kappa shape index (κ3) is 6.39. The molecule has 4 rings (SSSR count). The minimum Gasteiger partial charge on any atom is -0.401 e. The highest BCUT2D eigenvalue weighted by Crippen LogP contribution is 2.46. The van der Waals surface area contributed by atoms with Crippen LogP contribution in [0.5, 0.6) is 0 Å². The first kappa shape index (κ1) is 32.2. The summed E-state index contributed by atoms with van der Waals surface area (Å²) in [6.07, 6.45) is 15.1. The first-order valence-corrected chi connectivity index (χ1v) is 13.4. The fourth-order valence-electron chi connectivity index (χ4n) is 4.86. The van der Waals surface area contributed by atoms with Crippen LogP contribution in [0.25, 0.3) is 17.2 Å². The van der Waals surface area contributed by atoms with Crippen LogP contribution in [0.3, 0.4) is 0 Å². The first-order chi connectivity index (χ1) is 18.9. The molecule has 0 spiro atoms. The first-order valence-electron chi connectivity index (χ1n) is 13.4. The number of hydrogen-bond acceptors (Lipinski definition) is 6. The predicted molar refractivity (Wildman–Crippen MR) is 157 cm³/mol. The van der Waals surface area contributed by atoms with Crippen LogP contribution in [0.2, 0.25) is 0 Å². The highest BCUT2D eigenvalue weighted by Gasteiger charge is 2.43. The summed E-state index contributed by atoms with van der Waals surface area (Å²) in [5.74, 6) is -0.147. The normalized spacial score (nSPS) is 17.6. The van der Waals surface area contributed by atoms with Crippen molar-refractivity contribution >= 4 is 5.70 Å². The smallest absolute Gasteiger partial charge is 0.201 e. The molecule has 1 unspecified atom stereocenters. The lowest BCUT2D eigenvalue weighted by atomic mass is 9.64. The highest BCUT2D eigenvalue weighted by atomic mass is 19.1. The van der Waals surface area contributed by atoms with Crippen LogP contribution >= 0.6 is 0 Å². The Morgan fingerprint density at radius 1 is 1.10 bits per heavy atom. The molecular formula is C31H41F2N7. The maximum atomic E-state index is 14.3. The summed E-state index contributed by atoms with van der Waals surface area (Å²) < 4.78 is 28.7. The molecule has 0 aliphatic heterocycles. The fraction of sp³-hybridized carbons (Fsp3) is 0.419. The second-order valence-electron chi connectivity index (χ2n) is 10.7. The van der Waals surface area contributed by atoms with Crippen LogP contribution in [0.4, 0.5) is 8.78 Å². The Morgan fingerprint density at radius 2 is 1.73 bits per heavy atom. The second kappa shape index (κ2) is 13.3. The summed E-state index contributed by atoms with van der Waals surface area (Å²) in [6, 6.07) is 3.68. The number of rotatable bonds is 5. The van der Waals surface area contributed by atoms with Crippen molar-refractivity contribution in [3.05, 3.63) is 76.7 Å². The van der Waals surface area contributed by atoms with E-state index in [1.165, 1.54) is 18.2 Å². The van der Waals surface area contributed by atoms with Gasteiger partial charge in [0, 0.05) is 23.0 Å². The lowest BCUT2D eigenvalue weighted by Crippen LogP contribution is -2.42. The Labute approximate surface area is 236 Å². The van der Waals surface area contributed by atoms with Gasteiger partial charge in [0.25, 0.3) is 0 Å². The average molecular weight is 550 g/mol. The highest BCUT2D eigenvalue weighted by molar-refractivity contribution is 5.67. The third-order valence-electron chi connectivity index (χ3n) is 6.93. The van der Waals surface area contributed by atoms with Crippen molar-refractivity contribution in [1.82, 2.24) is 25.1 Å². The zero-order chi connectivity index (χ0) is 30.3. The third-order valence-corrected chi connectivity index (χ3v) is 6.93. The molecule has 40 heavy (non-hydrogen) atoms. The van der Waals surface area contributed by atoms with Crippen molar-refractivity contribution in [2.24, 2.45) is 17.4 Å². The molecule has 1 aliphatic carbocycles.